The summed E-state index contributed by atoms with van der Waals surface area (Å²) < 4.78 is 0. The highest BCUT2D eigenvalue weighted by atomic mass is 16.5. The van der Waals surface area contributed by atoms with E-state index < -0.39 is 5.79 Å². The van der Waals surface area contributed by atoms with Gasteiger partial charge in [-0.1, -0.05) is 86.5 Å². The number of rotatable bonds is 16. The van der Waals surface area contributed by atoms with Crippen LogP contribution < -0.4 is 0 Å². The van der Waals surface area contributed by atoms with Gasteiger partial charge in [-0.25, -0.2) is 0 Å². The number of hydrogen-bond acceptors (Lipinski definition) is 4. The maximum Gasteiger partial charge on any atom is 0.165 e. The second-order valence-electron chi connectivity index (χ2n) is 8.40. The molecule has 0 aromatic rings. The van der Waals surface area contributed by atoms with Crippen LogP contribution in [0, 0.1) is 17.8 Å². The molecule has 4 nitrogen and oxygen atoms in total. The van der Waals surface area contributed by atoms with Gasteiger partial charge < -0.3 is 20.4 Å². The Hall–Kier alpha value is -0.160. The zero-order valence-corrected chi connectivity index (χ0v) is 19.8. The maximum atomic E-state index is 9.87. The van der Waals surface area contributed by atoms with Crippen molar-refractivity contribution < 1.29 is 20.4 Å². The highest BCUT2D eigenvalue weighted by molar-refractivity contribution is 4.73. The van der Waals surface area contributed by atoms with Crippen molar-refractivity contribution in [3.8, 4) is 0 Å². The summed E-state index contributed by atoms with van der Waals surface area (Å²) in [5.74, 6) is -0.663. The Labute approximate surface area is 175 Å². The van der Waals surface area contributed by atoms with Gasteiger partial charge in [0.2, 0.25) is 0 Å². The fourth-order valence-corrected chi connectivity index (χ4v) is 3.79. The first-order valence-electron chi connectivity index (χ1n) is 12.0. The summed E-state index contributed by atoms with van der Waals surface area (Å²) in [4.78, 5) is 0. The van der Waals surface area contributed by atoms with Crippen molar-refractivity contribution in [2.75, 3.05) is 6.61 Å². The molecule has 0 amide bonds. The molecule has 0 heterocycles. The van der Waals surface area contributed by atoms with E-state index in [4.69, 9.17) is 5.11 Å². The fourth-order valence-electron chi connectivity index (χ4n) is 3.79. The lowest BCUT2D eigenvalue weighted by Crippen LogP contribution is -2.36. The first-order chi connectivity index (χ1) is 13.3. The number of hydrogen-bond donors (Lipinski definition) is 4. The van der Waals surface area contributed by atoms with E-state index in [1.165, 1.54) is 19.3 Å². The molecule has 4 N–H and O–H groups in total. The summed E-state index contributed by atoms with van der Waals surface area (Å²) in [5.41, 5.74) is 0. The van der Waals surface area contributed by atoms with Crippen molar-refractivity contribution in [1.82, 2.24) is 0 Å². The van der Waals surface area contributed by atoms with Gasteiger partial charge in [-0.2, -0.15) is 0 Å². The summed E-state index contributed by atoms with van der Waals surface area (Å²) in [6.07, 6.45) is 11.8. The van der Waals surface area contributed by atoms with E-state index in [9.17, 15) is 15.3 Å². The number of aliphatic hydroxyl groups excluding tert-OH is 2. The zero-order chi connectivity index (χ0) is 22.0. The second kappa shape index (κ2) is 18.8. The summed E-state index contributed by atoms with van der Waals surface area (Å²) in [7, 11) is 0. The third kappa shape index (κ3) is 13.9. The minimum atomic E-state index is -1.44. The SMILES string of the molecule is CCCC(O)C(CC)CC(CC)CO.CCCCCCC(CC)C(O)(O)CC. The van der Waals surface area contributed by atoms with Crippen molar-refractivity contribution in [3.05, 3.63) is 0 Å². The molecule has 0 aliphatic heterocycles. The number of unbranched alkanes of at least 4 members (excludes halogenated alkanes) is 3. The Morgan fingerprint density at radius 2 is 1.39 bits per heavy atom. The van der Waals surface area contributed by atoms with Crippen LogP contribution in [-0.4, -0.2) is 38.9 Å². The molecule has 0 spiro atoms. The molecule has 4 atom stereocenters. The Balaban J connectivity index is 0. The van der Waals surface area contributed by atoms with E-state index in [1.54, 1.807) is 0 Å². The van der Waals surface area contributed by atoms with E-state index in [0.29, 0.717) is 18.3 Å². The Bertz CT molecular complexity index is 316. The van der Waals surface area contributed by atoms with Gasteiger partial charge in [-0.15, -0.1) is 0 Å². The second-order valence-corrected chi connectivity index (χ2v) is 8.40. The third-order valence-corrected chi connectivity index (χ3v) is 6.20. The molecule has 0 aliphatic rings. The first-order valence-corrected chi connectivity index (χ1v) is 12.0. The van der Waals surface area contributed by atoms with E-state index >= 15 is 0 Å². The third-order valence-electron chi connectivity index (χ3n) is 6.20. The molecule has 0 fully saturated rings. The van der Waals surface area contributed by atoms with Gasteiger partial charge in [0.25, 0.3) is 0 Å². The van der Waals surface area contributed by atoms with Gasteiger partial charge in [0.1, 0.15) is 0 Å². The van der Waals surface area contributed by atoms with Gasteiger partial charge >= 0.3 is 0 Å². The van der Waals surface area contributed by atoms with Crippen molar-refractivity contribution in [3.63, 3.8) is 0 Å². The minimum Gasteiger partial charge on any atom is -0.396 e. The number of aliphatic hydroxyl groups is 4. The predicted molar refractivity (Wildman–Crippen MR) is 120 cm³/mol. The lowest BCUT2D eigenvalue weighted by Gasteiger charge is -2.29. The molecule has 4 heteroatoms. The minimum absolute atomic E-state index is 0.0457. The van der Waals surface area contributed by atoms with Crippen molar-refractivity contribution >= 4 is 0 Å². The lowest BCUT2D eigenvalue weighted by atomic mass is 9.86. The van der Waals surface area contributed by atoms with Crippen LogP contribution in [0.3, 0.4) is 0 Å². The molecule has 4 unspecified atom stereocenters. The highest BCUT2D eigenvalue weighted by Gasteiger charge is 2.30. The molecule has 0 bridgehead atoms. The van der Waals surface area contributed by atoms with Crippen LogP contribution in [0.2, 0.25) is 0 Å². The van der Waals surface area contributed by atoms with Crippen molar-refractivity contribution in [2.45, 2.75) is 130 Å². The van der Waals surface area contributed by atoms with Gasteiger partial charge in [-0.05, 0) is 43.9 Å². The molecular weight excluding hydrogens is 352 g/mol. The summed E-state index contributed by atoms with van der Waals surface area (Å²) >= 11 is 0. The van der Waals surface area contributed by atoms with Crippen LogP contribution >= 0.6 is 0 Å². The molecule has 0 aromatic carbocycles. The van der Waals surface area contributed by atoms with Crippen molar-refractivity contribution in [2.24, 2.45) is 17.8 Å². The van der Waals surface area contributed by atoms with Crippen LogP contribution in [0.25, 0.3) is 0 Å². The molecule has 0 aliphatic carbocycles. The van der Waals surface area contributed by atoms with E-state index in [-0.39, 0.29) is 18.6 Å². The normalized spacial score (nSPS) is 16.1. The molecular formula is C24H52O4. The maximum absolute atomic E-state index is 9.87. The molecule has 0 aromatic heterocycles. The largest absolute Gasteiger partial charge is 0.396 e. The Kier molecular flexibility index (Phi) is 20.2. The van der Waals surface area contributed by atoms with Gasteiger partial charge in [0.05, 0.1) is 6.10 Å². The molecule has 0 saturated carbocycles. The van der Waals surface area contributed by atoms with Crippen molar-refractivity contribution in [1.29, 1.82) is 0 Å². The summed E-state index contributed by atoms with van der Waals surface area (Å²) in [6, 6.07) is 0. The molecule has 28 heavy (non-hydrogen) atoms. The quantitative estimate of drug-likeness (QED) is 0.198. The van der Waals surface area contributed by atoms with E-state index in [0.717, 1.165) is 51.4 Å². The first kappa shape index (κ1) is 30.0. The van der Waals surface area contributed by atoms with Gasteiger partial charge in [0.15, 0.2) is 5.79 Å². The van der Waals surface area contributed by atoms with E-state index in [2.05, 4.69) is 27.7 Å². The zero-order valence-electron chi connectivity index (χ0n) is 19.8. The van der Waals surface area contributed by atoms with Gasteiger partial charge in [-0.3, -0.25) is 0 Å². The standard InChI is InChI=1S/2C12H26O2/c1-4-7-12(14)11(6-3)8-10(5-2)9-13;1-4-7-8-9-10-11(5-2)12(13,14)6-3/h10-14H,4-9H2,1-3H3;11,13-14H,4-10H2,1-3H3. The highest BCUT2D eigenvalue weighted by Crippen LogP contribution is 2.27. The smallest absolute Gasteiger partial charge is 0.165 e. The van der Waals surface area contributed by atoms with Gasteiger partial charge in [0, 0.05) is 12.5 Å². The lowest BCUT2D eigenvalue weighted by molar-refractivity contribution is -0.204. The summed E-state index contributed by atoms with van der Waals surface area (Å²) in [6.45, 7) is 12.6. The van der Waals surface area contributed by atoms with E-state index in [1.807, 2.05) is 13.8 Å². The monoisotopic (exact) mass is 404 g/mol. The molecule has 0 rings (SSSR count). The Morgan fingerprint density at radius 1 is 0.750 bits per heavy atom. The average Bonchev–Trinajstić information content (AvgIpc) is 2.69. The Morgan fingerprint density at radius 3 is 1.79 bits per heavy atom. The molecule has 0 radical (unpaired) electrons. The van der Waals surface area contributed by atoms with Crippen LogP contribution in [-0.2, 0) is 0 Å². The summed E-state index contributed by atoms with van der Waals surface area (Å²) in [5, 5.41) is 38.4. The molecule has 172 valence electrons. The predicted octanol–water partition coefficient (Wildman–Crippen LogP) is 5.66. The van der Waals surface area contributed by atoms with Crippen LogP contribution in [0.1, 0.15) is 119 Å². The van der Waals surface area contributed by atoms with Crippen LogP contribution in [0.4, 0.5) is 0 Å². The topological polar surface area (TPSA) is 80.9 Å². The average molecular weight is 405 g/mol. The van der Waals surface area contributed by atoms with Crippen LogP contribution in [0.15, 0.2) is 0 Å². The fraction of sp³-hybridized carbons (Fsp3) is 1.00. The van der Waals surface area contributed by atoms with Crippen LogP contribution in [0.5, 0.6) is 0 Å². The molecule has 0 saturated heterocycles.